The van der Waals surface area contributed by atoms with Crippen LogP contribution in [-0.2, 0) is 0 Å². The Hall–Kier alpha value is -2.49. The van der Waals surface area contributed by atoms with Crippen LogP contribution in [0, 0.1) is 5.82 Å². The fourth-order valence-electron chi connectivity index (χ4n) is 3.21. The first-order valence-corrected chi connectivity index (χ1v) is 8.87. The Balaban J connectivity index is 2.15. The average Bonchev–Trinajstić information content (AvgIpc) is 2.94. The Labute approximate surface area is 148 Å². The van der Waals surface area contributed by atoms with Crippen LogP contribution in [0.4, 0.5) is 4.39 Å². The Morgan fingerprint density at radius 2 is 2.00 bits per heavy atom. The molecule has 0 saturated heterocycles. The number of allylic oxidation sites excluding steroid dienone is 3. The summed E-state index contributed by atoms with van der Waals surface area (Å²) in [5.74, 6) is -0.240. The molecule has 0 bridgehead atoms. The summed E-state index contributed by atoms with van der Waals surface area (Å²) in [6.07, 6.45) is 10.3. The van der Waals surface area contributed by atoms with Gasteiger partial charge in [-0.15, -0.1) is 0 Å². The largest absolute Gasteiger partial charge is 0.292 e. The van der Waals surface area contributed by atoms with Gasteiger partial charge in [0.05, 0.1) is 17.6 Å². The molecule has 3 rings (SSSR count). The summed E-state index contributed by atoms with van der Waals surface area (Å²) >= 11 is 0. The molecule has 130 valence electrons. The first-order valence-electron chi connectivity index (χ1n) is 8.87. The van der Waals surface area contributed by atoms with Gasteiger partial charge in [-0.2, -0.15) is 5.10 Å². The van der Waals surface area contributed by atoms with E-state index < -0.39 is 0 Å². The Bertz CT molecular complexity index is 839. The van der Waals surface area contributed by atoms with Crippen LogP contribution >= 0.6 is 0 Å². The summed E-state index contributed by atoms with van der Waals surface area (Å²) in [5, 5.41) is 4.59. The van der Waals surface area contributed by atoms with Gasteiger partial charge in [-0.1, -0.05) is 31.9 Å². The van der Waals surface area contributed by atoms with Crippen molar-refractivity contribution in [1.29, 1.82) is 0 Å². The highest BCUT2D eigenvalue weighted by molar-refractivity contribution is 6.24. The number of fused-ring (bicyclic) bond motifs is 1. The van der Waals surface area contributed by atoms with E-state index in [1.165, 1.54) is 23.3 Å². The molecule has 0 fully saturated rings. The fraction of sp³-hybridized carbons (Fsp3) is 0.333. The van der Waals surface area contributed by atoms with Gasteiger partial charge in [0.1, 0.15) is 5.82 Å². The highest BCUT2D eigenvalue weighted by atomic mass is 19.1. The molecular weight excluding hydrogens is 313 g/mol. The highest BCUT2D eigenvalue weighted by Gasteiger charge is 2.20. The van der Waals surface area contributed by atoms with E-state index in [0.29, 0.717) is 0 Å². The average molecular weight is 337 g/mol. The van der Waals surface area contributed by atoms with Crippen LogP contribution in [0.5, 0.6) is 0 Å². The molecule has 2 aromatic rings. The predicted octanol–water partition coefficient (Wildman–Crippen LogP) is 5.46. The number of hydrogen-bond acceptors (Lipinski definition) is 2. The zero-order valence-electron chi connectivity index (χ0n) is 15.1. The van der Waals surface area contributed by atoms with Gasteiger partial charge in [0.15, 0.2) is 0 Å². The van der Waals surface area contributed by atoms with Gasteiger partial charge in [0.25, 0.3) is 0 Å². The van der Waals surface area contributed by atoms with Gasteiger partial charge in [-0.05, 0) is 49.6 Å². The van der Waals surface area contributed by atoms with E-state index in [4.69, 9.17) is 0 Å². The van der Waals surface area contributed by atoms with Gasteiger partial charge < -0.3 is 0 Å². The topological polar surface area (TPSA) is 30.2 Å². The van der Waals surface area contributed by atoms with Crippen molar-refractivity contribution in [3.8, 4) is 5.69 Å². The molecule has 0 N–H and O–H groups in total. The lowest BCUT2D eigenvalue weighted by Crippen LogP contribution is -2.04. The summed E-state index contributed by atoms with van der Waals surface area (Å²) in [6.45, 7) is 4.34. The number of rotatable bonds is 5. The molecule has 25 heavy (non-hydrogen) atoms. The van der Waals surface area contributed by atoms with E-state index in [-0.39, 0.29) is 5.82 Å². The van der Waals surface area contributed by atoms with Gasteiger partial charge in [0, 0.05) is 23.9 Å². The molecule has 0 unspecified atom stereocenters. The third-order valence-electron chi connectivity index (χ3n) is 4.60. The highest BCUT2D eigenvalue weighted by Crippen LogP contribution is 2.31. The van der Waals surface area contributed by atoms with Crippen LogP contribution in [0.1, 0.15) is 50.8 Å². The van der Waals surface area contributed by atoms with E-state index >= 15 is 0 Å². The van der Waals surface area contributed by atoms with E-state index in [9.17, 15) is 4.39 Å². The summed E-state index contributed by atoms with van der Waals surface area (Å²) in [6, 6.07) is 6.46. The van der Waals surface area contributed by atoms with Crippen LogP contribution in [0.3, 0.4) is 0 Å². The fourth-order valence-corrected chi connectivity index (χ4v) is 3.21. The molecule has 1 aromatic heterocycles. The van der Waals surface area contributed by atoms with Crippen LogP contribution in [-0.4, -0.2) is 22.5 Å². The third-order valence-corrected chi connectivity index (χ3v) is 4.60. The van der Waals surface area contributed by atoms with Crippen LogP contribution in [0.2, 0.25) is 0 Å². The quantitative estimate of drug-likeness (QED) is 0.666. The molecule has 0 amide bonds. The minimum atomic E-state index is -0.240. The van der Waals surface area contributed by atoms with E-state index in [1.807, 2.05) is 17.9 Å². The van der Waals surface area contributed by atoms with Crippen molar-refractivity contribution < 1.29 is 4.39 Å². The minimum absolute atomic E-state index is 0.240. The maximum absolute atomic E-state index is 13.3. The lowest BCUT2D eigenvalue weighted by atomic mass is 9.98. The second-order valence-corrected chi connectivity index (χ2v) is 6.23. The zero-order chi connectivity index (χ0) is 17.8. The lowest BCUT2D eigenvalue weighted by Gasteiger charge is -2.10. The number of benzene rings is 1. The Morgan fingerprint density at radius 3 is 2.64 bits per heavy atom. The summed E-state index contributed by atoms with van der Waals surface area (Å²) in [7, 11) is 1.86. The molecular formula is C21H24FN3. The maximum Gasteiger partial charge on any atom is 0.123 e. The monoisotopic (exact) mass is 337 g/mol. The number of hydrogen-bond donors (Lipinski definition) is 0. The molecule has 0 radical (unpaired) electrons. The summed E-state index contributed by atoms with van der Waals surface area (Å²) < 4.78 is 15.2. The van der Waals surface area contributed by atoms with Gasteiger partial charge in [0.2, 0.25) is 0 Å². The zero-order valence-corrected chi connectivity index (χ0v) is 15.1. The van der Waals surface area contributed by atoms with Crippen molar-refractivity contribution in [3.63, 3.8) is 0 Å². The molecule has 4 heteroatoms. The van der Waals surface area contributed by atoms with Gasteiger partial charge in [-0.3, -0.25) is 4.99 Å². The SMILES string of the molecule is CCCC(=NC)C1=CCC(CC)=Cc2c1cnn2-c1ccc(F)cc1. The Morgan fingerprint density at radius 1 is 1.24 bits per heavy atom. The number of aromatic nitrogens is 2. The molecule has 1 aliphatic rings. The minimum Gasteiger partial charge on any atom is -0.292 e. The molecule has 0 spiro atoms. The summed E-state index contributed by atoms with van der Waals surface area (Å²) in [4.78, 5) is 4.53. The van der Waals surface area contributed by atoms with Gasteiger partial charge in [-0.25, -0.2) is 9.07 Å². The maximum atomic E-state index is 13.3. The Kier molecular flexibility index (Phi) is 5.27. The van der Waals surface area contributed by atoms with E-state index in [1.54, 1.807) is 12.1 Å². The van der Waals surface area contributed by atoms with E-state index in [2.05, 4.69) is 36.1 Å². The van der Waals surface area contributed by atoms with Crippen LogP contribution in [0.25, 0.3) is 17.3 Å². The summed E-state index contributed by atoms with van der Waals surface area (Å²) in [5.41, 5.74) is 6.65. The van der Waals surface area contributed by atoms with E-state index in [0.717, 1.165) is 48.3 Å². The first-order chi connectivity index (χ1) is 12.2. The van der Waals surface area contributed by atoms with Gasteiger partial charge >= 0.3 is 0 Å². The molecule has 3 nitrogen and oxygen atoms in total. The van der Waals surface area contributed by atoms with Crippen LogP contribution in [0.15, 0.2) is 47.1 Å². The van der Waals surface area contributed by atoms with Crippen LogP contribution < -0.4 is 0 Å². The standard InChI is InChI=1S/C21H24FN3/c1-4-6-20(23-3)18-12-7-15(5-2)13-21-19(18)14-24-25(21)17-10-8-16(22)9-11-17/h8-14H,4-7H2,1-3H3. The van der Waals surface area contributed by atoms with Crippen molar-refractivity contribution in [3.05, 3.63) is 59.2 Å². The van der Waals surface area contributed by atoms with Crippen molar-refractivity contribution in [2.45, 2.75) is 39.5 Å². The normalized spacial score (nSPS) is 14.6. The van der Waals surface area contributed by atoms with Crippen molar-refractivity contribution in [1.82, 2.24) is 9.78 Å². The van der Waals surface area contributed by atoms with Crippen molar-refractivity contribution in [2.75, 3.05) is 7.05 Å². The van der Waals surface area contributed by atoms with Crippen molar-refractivity contribution in [2.24, 2.45) is 4.99 Å². The van der Waals surface area contributed by atoms with Crippen molar-refractivity contribution >= 4 is 17.4 Å². The molecule has 1 heterocycles. The number of aliphatic imine (C=N–C) groups is 1. The molecule has 0 saturated carbocycles. The second-order valence-electron chi connectivity index (χ2n) is 6.23. The second kappa shape index (κ2) is 7.60. The first kappa shape index (κ1) is 17.3. The molecule has 1 aliphatic carbocycles. The number of nitrogens with zero attached hydrogens (tertiary/aromatic N) is 3. The molecule has 1 aromatic carbocycles. The lowest BCUT2D eigenvalue weighted by molar-refractivity contribution is 0.627. The number of halogens is 1. The molecule has 0 atom stereocenters. The third kappa shape index (κ3) is 3.48. The molecule has 0 aliphatic heterocycles. The smallest absolute Gasteiger partial charge is 0.123 e. The predicted molar refractivity (Wildman–Crippen MR) is 103 cm³/mol.